The maximum absolute atomic E-state index is 12.8. The number of halogens is 4. The molecule has 2 heterocycles. The first kappa shape index (κ1) is 12.9. The molecule has 0 aliphatic heterocycles. The molecular formula is C13H6ClF3N2O. The number of aromatic nitrogens is 2. The van der Waals surface area contributed by atoms with Gasteiger partial charge in [-0.1, -0.05) is 11.6 Å². The maximum atomic E-state index is 12.8. The van der Waals surface area contributed by atoms with Crippen LogP contribution < -0.4 is 0 Å². The number of nitrogens with zero attached hydrogens (tertiary/aromatic N) is 2. The Labute approximate surface area is 116 Å². The molecule has 0 amide bonds. The van der Waals surface area contributed by atoms with Crippen molar-refractivity contribution in [2.24, 2.45) is 0 Å². The molecule has 0 aliphatic rings. The summed E-state index contributed by atoms with van der Waals surface area (Å²) in [6, 6.07) is 5.30. The lowest BCUT2D eigenvalue weighted by Gasteiger charge is -2.07. The largest absolute Gasteiger partial charge is 0.436 e. The molecule has 0 radical (unpaired) electrons. The predicted octanol–water partition coefficient (Wildman–Crippen LogP) is 4.56. The van der Waals surface area contributed by atoms with Crippen LogP contribution in [0.15, 0.2) is 41.1 Å². The summed E-state index contributed by atoms with van der Waals surface area (Å²) in [4.78, 5) is 7.97. The molecule has 7 heteroatoms. The standard InChI is InChI=1S/C13H6ClF3N2O/c14-9-6-10-11(5-8(9)13(15,16)17)20-12(19-10)7-1-3-18-4-2-7/h1-6H. The normalized spacial score (nSPS) is 12.0. The number of oxazole rings is 1. The van der Waals surface area contributed by atoms with Crippen LogP contribution in [0.4, 0.5) is 13.2 Å². The molecule has 0 unspecified atom stereocenters. The first-order chi connectivity index (χ1) is 9.45. The Kier molecular flexibility index (Phi) is 2.90. The first-order valence-corrected chi connectivity index (χ1v) is 5.90. The van der Waals surface area contributed by atoms with Crippen LogP contribution in [0, 0.1) is 0 Å². The van der Waals surface area contributed by atoms with Crippen LogP contribution in [0.3, 0.4) is 0 Å². The van der Waals surface area contributed by atoms with Crippen LogP contribution in [-0.4, -0.2) is 9.97 Å². The zero-order valence-corrected chi connectivity index (χ0v) is 10.5. The zero-order chi connectivity index (χ0) is 14.3. The molecule has 0 saturated carbocycles. The van der Waals surface area contributed by atoms with Gasteiger partial charge in [-0.25, -0.2) is 4.98 Å². The van der Waals surface area contributed by atoms with Crippen molar-refractivity contribution in [2.75, 3.05) is 0 Å². The molecule has 0 fully saturated rings. The third-order valence-corrected chi connectivity index (χ3v) is 3.02. The van der Waals surface area contributed by atoms with Crippen LogP contribution in [0.5, 0.6) is 0 Å². The molecule has 3 rings (SSSR count). The second kappa shape index (κ2) is 4.49. The van der Waals surface area contributed by atoms with Crippen molar-refractivity contribution in [2.45, 2.75) is 6.18 Å². The van der Waals surface area contributed by atoms with E-state index >= 15 is 0 Å². The average molecular weight is 299 g/mol. The zero-order valence-electron chi connectivity index (χ0n) is 9.78. The van der Waals surface area contributed by atoms with E-state index in [1.165, 1.54) is 0 Å². The summed E-state index contributed by atoms with van der Waals surface area (Å²) in [5.41, 5.74) is -0.00618. The highest BCUT2D eigenvalue weighted by molar-refractivity contribution is 6.32. The summed E-state index contributed by atoms with van der Waals surface area (Å²) in [6.45, 7) is 0. The Bertz CT molecular complexity index is 768. The van der Waals surface area contributed by atoms with Gasteiger partial charge in [-0.05, 0) is 24.3 Å². The third-order valence-electron chi connectivity index (χ3n) is 2.71. The summed E-state index contributed by atoms with van der Waals surface area (Å²) in [7, 11) is 0. The van der Waals surface area contributed by atoms with Gasteiger partial charge in [0.15, 0.2) is 5.58 Å². The highest BCUT2D eigenvalue weighted by Crippen LogP contribution is 2.37. The molecule has 2 aromatic heterocycles. The van der Waals surface area contributed by atoms with Gasteiger partial charge >= 0.3 is 6.18 Å². The quantitative estimate of drug-likeness (QED) is 0.661. The number of alkyl halides is 3. The van der Waals surface area contributed by atoms with Crippen LogP contribution in [0.1, 0.15) is 5.56 Å². The molecular weight excluding hydrogens is 293 g/mol. The highest BCUT2D eigenvalue weighted by Gasteiger charge is 2.34. The van der Waals surface area contributed by atoms with E-state index in [0.717, 1.165) is 12.1 Å². The lowest BCUT2D eigenvalue weighted by atomic mass is 10.2. The fourth-order valence-corrected chi connectivity index (χ4v) is 2.05. The Morgan fingerprint density at radius 1 is 1.10 bits per heavy atom. The molecule has 3 aromatic rings. The van der Waals surface area contributed by atoms with E-state index in [-0.39, 0.29) is 17.0 Å². The van der Waals surface area contributed by atoms with Crippen molar-refractivity contribution in [1.29, 1.82) is 0 Å². The van der Waals surface area contributed by atoms with Crippen molar-refractivity contribution < 1.29 is 17.6 Å². The minimum Gasteiger partial charge on any atom is -0.436 e. The minimum atomic E-state index is -4.53. The van der Waals surface area contributed by atoms with Gasteiger partial charge in [0.1, 0.15) is 5.52 Å². The number of hydrogen-bond donors (Lipinski definition) is 0. The minimum absolute atomic E-state index is 0.0357. The molecule has 0 N–H and O–H groups in total. The van der Waals surface area contributed by atoms with Crippen molar-refractivity contribution in [3.63, 3.8) is 0 Å². The van der Waals surface area contributed by atoms with Gasteiger partial charge in [-0.15, -0.1) is 0 Å². The fraction of sp³-hybridized carbons (Fsp3) is 0.0769. The first-order valence-electron chi connectivity index (χ1n) is 5.53. The Morgan fingerprint density at radius 3 is 2.45 bits per heavy atom. The smallest absolute Gasteiger partial charge is 0.417 e. The van der Waals surface area contributed by atoms with Crippen LogP contribution >= 0.6 is 11.6 Å². The molecule has 0 spiro atoms. The maximum Gasteiger partial charge on any atom is 0.417 e. The van der Waals surface area contributed by atoms with Gasteiger partial charge in [0.05, 0.1) is 10.6 Å². The monoisotopic (exact) mass is 298 g/mol. The van der Waals surface area contributed by atoms with E-state index in [0.29, 0.717) is 5.56 Å². The molecule has 0 aliphatic carbocycles. The van der Waals surface area contributed by atoms with Gasteiger partial charge < -0.3 is 4.42 Å². The van der Waals surface area contributed by atoms with Crippen molar-refractivity contribution in [3.8, 4) is 11.5 Å². The molecule has 20 heavy (non-hydrogen) atoms. The molecule has 0 saturated heterocycles. The molecule has 3 nitrogen and oxygen atoms in total. The lowest BCUT2D eigenvalue weighted by Crippen LogP contribution is -2.05. The molecule has 0 bridgehead atoms. The van der Waals surface area contributed by atoms with Crippen LogP contribution in [-0.2, 0) is 6.18 Å². The summed E-state index contributed by atoms with van der Waals surface area (Å²) >= 11 is 5.63. The van der Waals surface area contributed by atoms with Crippen molar-refractivity contribution in [1.82, 2.24) is 9.97 Å². The highest BCUT2D eigenvalue weighted by atomic mass is 35.5. The number of pyridine rings is 1. The molecule has 0 atom stereocenters. The molecule has 102 valence electrons. The predicted molar refractivity (Wildman–Crippen MR) is 67.3 cm³/mol. The third kappa shape index (κ3) is 2.22. The Morgan fingerprint density at radius 2 is 1.80 bits per heavy atom. The number of rotatable bonds is 1. The van der Waals surface area contributed by atoms with E-state index in [9.17, 15) is 13.2 Å². The average Bonchev–Trinajstić information content (AvgIpc) is 2.80. The van der Waals surface area contributed by atoms with Crippen molar-refractivity contribution in [3.05, 3.63) is 47.2 Å². The summed E-state index contributed by atoms with van der Waals surface area (Å²) < 4.78 is 43.6. The second-order valence-corrected chi connectivity index (χ2v) is 4.46. The van der Waals surface area contributed by atoms with Crippen LogP contribution in [0.2, 0.25) is 5.02 Å². The van der Waals surface area contributed by atoms with Gasteiger partial charge in [0, 0.05) is 18.0 Å². The summed E-state index contributed by atoms with van der Waals surface area (Å²) in [6.07, 6.45) is -1.45. The second-order valence-electron chi connectivity index (χ2n) is 4.05. The van der Waals surface area contributed by atoms with Gasteiger partial charge in [-0.3, -0.25) is 4.98 Å². The van der Waals surface area contributed by atoms with Crippen LogP contribution in [0.25, 0.3) is 22.6 Å². The van der Waals surface area contributed by atoms with Gasteiger partial charge in [0.25, 0.3) is 0 Å². The Balaban J connectivity index is 2.17. The molecule has 1 aromatic carbocycles. The number of benzene rings is 1. The Hall–Kier alpha value is -2.08. The van der Waals surface area contributed by atoms with E-state index < -0.39 is 16.8 Å². The van der Waals surface area contributed by atoms with E-state index in [4.69, 9.17) is 16.0 Å². The number of hydrogen-bond acceptors (Lipinski definition) is 3. The van der Waals surface area contributed by atoms with E-state index in [2.05, 4.69) is 9.97 Å². The number of fused-ring (bicyclic) bond motifs is 1. The topological polar surface area (TPSA) is 38.9 Å². The van der Waals surface area contributed by atoms with E-state index in [1.54, 1.807) is 24.5 Å². The fourth-order valence-electron chi connectivity index (χ4n) is 1.78. The van der Waals surface area contributed by atoms with E-state index in [1.807, 2.05) is 0 Å². The lowest BCUT2D eigenvalue weighted by molar-refractivity contribution is -0.137. The van der Waals surface area contributed by atoms with Gasteiger partial charge in [-0.2, -0.15) is 13.2 Å². The van der Waals surface area contributed by atoms with Gasteiger partial charge in [0.2, 0.25) is 5.89 Å². The van der Waals surface area contributed by atoms with Crippen molar-refractivity contribution >= 4 is 22.7 Å². The SMILES string of the molecule is FC(F)(F)c1cc2oc(-c3ccncc3)nc2cc1Cl. The summed E-state index contributed by atoms with van der Waals surface area (Å²) in [5, 5.41) is -0.403. The summed E-state index contributed by atoms with van der Waals surface area (Å²) in [5.74, 6) is 0.220.